The predicted molar refractivity (Wildman–Crippen MR) is 66.5 cm³/mol. The van der Waals surface area contributed by atoms with Gasteiger partial charge in [-0.2, -0.15) is 0 Å². The van der Waals surface area contributed by atoms with Gasteiger partial charge in [-0.15, -0.1) is 0 Å². The van der Waals surface area contributed by atoms with E-state index in [1.54, 1.807) is 25.3 Å². The van der Waals surface area contributed by atoms with Crippen LogP contribution >= 0.6 is 15.9 Å². The molecule has 0 atom stereocenters. The number of hydrogen-bond acceptors (Lipinski definition) is 3. The number of carboxylic acids is 1. The Bertz CT molecular complexity index is 429. The third-order valence-corrected chi connectivity index (χ3v) is 2.89. The molecule has 0 saturated carbocycles. The number of ether oxygens (including phenoxy) is 1. The molecule has 0 fully saturated rings. The first kappa shape index (κ1) is 13.7. The van der Waals surface area contributed by atoms with Gasteiger partial charge in [0.2, 0.25) is 0 Å². The zero-order valence-electron chi connectivity index (χ0n) is 9.40. The van der Waals surface area contributed by atoms with Gasteiger partial charge in [0.15, 0.2) is 5.78 Å². The smallest absolute Gasteiger partial charge is 0.303 e. The fourth-order valence-corrected chi connectivity index (χ4v) is 1.92. The first-order chi connectivity index (χ1) is 8.04. The third kappa shape index (κ3) is 4.19. The van der Waals surface area contributed by atoms with Gasteiger partial charge in [-0.25, -0.2) is 0 Å². The van der Waals surface area contributed by atoms with Crippen molar-refractivity contribution in [2.24, 2.45) is 0 Å². The van der Waals surface area contributed by atoms with Crippen LogP contribution in [0.3, 0.4) is 0 Å². The zero-order valence-corrected chi connectivity index (χ0v) is 11.0. The summed E-state index contributed by atoms with van der Waals surface area (Å²) in [6, 6.07) is 5.06. The first-order valence-corrected chi connectivity index (χ1v) is 5.92. The summed E-state index contributed by atoms with van der Waals surface area (Å²) in [5.41, 5.74) is 0.558. The third-order valence-electron chi connectivity index (χ3n) is 2.27. The molecule has 0 saturated heterocycles. The second-order valence-electron chi connectivity index (χ2n) is 3.52. The van der Waals surface area contributed by atoms with E-state index in [9.17, 15) is 9.59 Å². The molecule has 1 aromatic rings. The summed E-state index contributed by atoms with van der Waals surface area (Å²) in [7, 11) is 1.55. The van der Waals surface area contributed by atoms with Crippen LogP contribution in [0.25, 0.3) is 0 Å². The Labute approximate surface area is 108 Å². The van der Waals surface area contributed by atoms with Crippen molar-refractivity contribution < 1.29 is 19.4 Å². The molecular weight excluding hydrogens is 288 g/mol. The number of carbonyl (C=O) groups excluding carboxylic acids is 1. The lowest BCUT2D eigenvalue weighted by Crippen LogP contribution is -2.02. The maximum absolute atomic E-state index is 11.7. The highest BCUT2D eigenvalue weighted by molar-refractivity contribution is 9.10. The monoisotopic (exact) mass is 300 g/mol. The number of carbonyl (C=O) groups is 2. The Balaban J connectivity index is 2.63. The van der Waals surface area contributed by atoms with E-state index in [0.29, 0.717) is 22.2 Å². The van der Waals surface area contributed by atoms with E-state index in [1.165, 1.54) is 0 Å². The number of hydrogen-bond donors (Lipinski definition) is 1. The summed E-state index contributed by atoms with van der Waals surface area (Å²) in [6.45, 7) is 0. The Morgan fingerprint density at radius 1 is 1.35 bits per heavy atom. The minimum Gasteiger partial charge on any atom is -0.496 e. The van der Waals surface area contributed by atoms with Crippen LogP contribution in [0, 0.1) is 0 Å². The van der Waals surface area contributed by atoms with Gasteiger partial charge in [0, 0.05) is 18.4 Å². The van der Waals surface area contributed by atoms with Crippen molar-refractivity contribution in [3.63, 3.8) is 0 Å². The van der Waals surface area contributed by atoms with Crippen LogP contribution in [-0.4, -0.2) is 24.0 Å². The molecule has 0 radical (unpaired) electrons. The van der Waals surface area contributed by atoms with Crippen molar-refractivity contribution in [1.29, 1.82) is 0 Å². The molecule has 17 heavy (non-hydrogen) atoms. The molecule has 0 aliphatic carbocycles. The molecule has 1 N–H and O–H groups in total. The van der Waals surface area contributed by atoms with Crippen molar-refractivity contribution in [3.05, 3.63) is 28.2 Å². The topological polar surface area (TPSA) is 63.6 Å². The maximum Gasteiger partial charge on any atom is 0.303 e. The second kappa shape index (κ2) is 6.39. The summed E-state index contributed by atoms with van der Waals surface area (Å²) in [6.07, 6.45) is 0.617. The van der Waals surface area contributed by atoms with E-state index in [4.69, 9.17) is 9.84 Å². The lowest BCUT2D eigenvalue weighted by atomic mass is 10.1. The average molecular weight is 301 g/mol. The lowest BCUT2D eigenvalue weighted by molar-refractivity contribution is -0.137. The number of benzene rings is 1. The van der Waals surface area contributed by atoms with E-state index < -0.39 is 5.97 Å². The van der Waals surface area contributed by atoms with Crippen molar-refractivity contribution in [2.75, 3.05) is 7.11 Å². The molecule has 0 heterocycles. The summed E-state index contributed by atoms with van der Waals surface area (Å²) >= 11 is 3.30. The number of aliphatic carboxylic acids is 1. The molecule has 4 nitrogen and oxygen atoms in total. The first-order valence-electron chi connectivity index (χ1n) is 5.13. The molecule has 1 aromatic carbocycles. The number of rotatable bonds is 6. The van der Waals surface area contributed by atoms with Gasteiger partial charge in [-0.05, 0) is 40.5 Å². The molecule has 0 bridgehead atoms. The van der Waals surface area contributed by atoms with Gasteiger partial charge in [-0.1, -0.05) is 0 Å². The van der Waals surface area contributed by atoms with E-state index in [0.717, 1.165) is 0 Å². The molecule has 0 aliphatic rings. The minimum absolute atomic E-state index is 0.0169. The highest BCUT2D eigenvalue weighted by atomic mass is 79.9. The highest BCUT2D eigenvalue weighted by Gasteiger charge is 2.09. The Kier molecular flexibility index (Phi) is 5.15. The van der Waals surface area contributed by atoms with Crippen LogP contribution < -0.4 is 4.74 Å². The van der Waals surface area contributed by atoms with Crippen LogP contribution in [0.2, 0.25) is 0 Å². The Morgan fingerprint density at radius 3 is 2.59 bits per heavy atom. The van der Waals surface area contributed by atoms with Gasteiger partial charge >= 0.3 is 5.97 Å². The summed E-state index contributed by atoms with van der Waals surface area (Å²) in [5, 5.41) is 8.47. The SMILES string of the molecule is COc1ccc(C(=O)CCCC(=O)O)cc1Br. The van der Waals surface area contributed by atoms with E-state index >= 15 is 0 Å². The normalized spacial score (nSPS) is 10.0. The van der Waals surface area contributed by atoms with Gasteiger partial charge in [0.05, 0.1) is 11.6 Å². The Morgan fingerprint density at radius 2 is 2.06 bits per heavy atom. The van der Waals surface area contributed by atoms with Gasteiger partial charge in [0.25, 0.3) is 0 Å². The quantitative estimate of drug-likeness (QED) is 0.821. The van der Waals surface area contributed by atoms with Crippen molar-refractivity contribution >= 4 is 27.7 Å². The fraction of sp³-hybridized carbons (Fsp3) is 0.333. The predicted octanol–water partition coefficient (Wildman–Crippen LogP) is 2.90. The number of ketones is 1. The summed E-state index contributed by atoms with van der Waals surface area (Å²) < 4.78 is 5.77. The molecule has 0 aliphatic heterocycles. The maximum atomic E-state index is 11.7. The van der Waals surface area contributed by atoms with Crippen LogP contribution in [0.15, 0.2) is 22.7 Å². The molecule has 0 amide bonds. The average Bonchev–Trinajstić information content (AvgIpc) is 2.28. The van der Waals surface area contributed by atoms with Gasteiger partial charge in [0.1, 0.15) is 5.75 Å². The van der Waals surface area contributed by atoms with Crippen molar-refractivity contribution in [3.8, 4) is 5.75 Å². The van der Waals surface area contributed by atoms with Crippen molar-refractivity contribution in [1.82, 2.24) is 0 Å². The van der Waals surface area contributed by atoms with E-state index in [-0.39, 0.29) is 18.6 Å². The highest BCUT2D eigenvalue weighted by Crippen LogP contribution is 2.26. The molecule has 0 aromatic heterocycles. The molecule has 0 unspecified atom stereocenters. The number of carboxylic acid groups (broad SMARTS) is 1. The zero-order chi connectivity index (χ0) is 12.8. The van der Waals surface area contributed by atoms with Gasteiger partial charge < -0.3 is 9.84 Å². The second-order valence-corrected chi connectivity index (χ2v) is 4.37. The van der Waals surface area contributed by atoms with Crippen LogP contribution in [0.4, 0.5) is 0 Å². The summed E-state index contributed by atoms with van der Waals surface area (Å²) in [4.78, 5) is 22.0. The van der Waals surface area contributed by atoms with Crippen LogP contribution in [-0.2, 0) is 4.79 Å². The largest absolute Gasteiger partial charge is 0.496 e. The number of methoxy groups -OCH3 is 1. The lowest BCUT2D eigenvalue weighted by Gasteiger charge is -2.05. The molecule has 0 spiro atoms. The fourth-order valence-electron chi connectivity index (χ4n) is 1.38. The van der Waals surface area contributed by atoms with Gasteiger partial charge in [-0.3, -0.25) is 9.59 Å². The summed E-state index contributed by atoms with van der Waals surface area (Å²) in [5.74, 6) is -0.282. The van der Waals surface area contributed by atoms with Crippen LogP contribution in [0.1, 0.15) is 29.6 Å². The number of halogens is 1. The minimum atomic E-state index is -0.881. The molecule has 5 heteroatoms. The Hall–Kier alpha value is -1.36. The van der Waals surface area contributed by atoms with Crippen molar-refractivity contribution in [2.45, 2.75) is 19.3 Å². The molecule has 1 rings (SSSR count). The van der Waals surface area contributed by atoms with E-state index in [1.807, 2.05) is 0 Å². The van der Waals surface area contributed by atoms with Crippen LogP contribution in [0.5, 0.6) is 5.75 Å². The molecular formula is C12H13BrO4. The molecule has 92 valence electrons. The number of Topliss-reactive ketones (excluding diaryl/α,β-unsaturated/α-hetero) is 1. The standard InChI is InChI=1S/C12H13BrO4/c1-17-11-6-5-8(7-9(11)13)10(14)3-2-4-12(15)16/h5-7H,2-4H2,1H3,(H,15,16). The van der Waals surface area contributed by atoms with E-state index in [2.05, 4.69) is 15.9 Å².